The van der Waals surface area contributed by atoms with Gasteiger partial charge in [-0.05, 0) is 25.5 Å². The first-order valence-electron chi connectivity index (χ1n) is 8.20. The lowest BCUT2D eigenvalue weighted by Gasteiger charge is -2.28. The highest BCUT2D eigenvalue weighted by Crippen LogP contribution is 2.34. The monoisotopic (exact) mass is 403 g/mol. The Kier molecular flexibility index (Phi) is 6.17. The number of hydrogen-bond donors (Lipinski definition) is 1. The van der Waals surface area contributed by atoms with Crippen molar-refractivity contribution in [1.29, 1.82) is 5.26 Å². The lowest BCUT2D eigenvalue weighted by Crippen LogP contribution is -2.54. The van der Waals surface area contributed by atoms with Gasteiger partial charge in [0.1, 0.15) is 11.6 Å². The summed E-state index contributed by atoms with van der Waals surface area (Å²) in [6.45, 7) is -1.44. The fourth-order valence-electron chi connectivity index (χ4n) is 2.63. The fraction of sp³-hybridized carbons (Fsp3) is 0.529. The Labute approximate surface area is 155 Å². The van der Waals surface area contributed by atoms with Crippen molar-refractivity contribution in [1.82, 2.24) is 10.2 Å². The zero-order valence-electron chi connectivity index (χ0n) is 14.7. The van der Waals surface area contributed by atoms with Crippen molar-refractivity contribution in [2.24, 2.45) is 0 Å². The van der Waals surface area contributed by atoms with Gasteiger partial charge in [-0.3, -0.25) is 9.69 Å². The van der Waals surface area contributed by atoms with Gasteiger partial charge in [-0.25, -0.2) is 8.42 Å². The molecule has 27 heavy (non-hydrogen) atoms. The lowest BCUT2D eigenvalue weighted by atomic mass is 10.2. The van der Waals surface area contributed by atoms with E-state index >= 15 is 0 Å². The number of benzene rings is 1. The van der Waals surface area contributed by atoms with Crippen LogP contribution in [0.2, 0.25) is 0 Å². The Morgan fingerprint density at radius 2 is 1.93 bits per heavy atom. The topological polar surface area (TPSA) is 90.3 Å². The van der Waals surface area contributed by atoms with Crippen molar-refractivity contribution in [3.8, 4) is 6.07 Å². The molecule has 0 unspecified atom stereocenters. The molecule has 1 atom stereocenters. The number of alkyl halides is 3. The Balaban J connectivity index is 2.18. The van der Waals surface area contributed by atoms with Gasteiger partial charge >= 0.3 is 6.18 Å². The normalized spacial score (nSPS) is 17.2. The van der Waals surface area contributed by atoms with E-state index in [0.717, 1.165) is 7.05 Å². The van der Waals surface area contributed by atoms with E-state index in [1.807, 2.05) is 6.07 Å². The van der Waals surface area contributed by atoms with Gasteiger partial charge in [-0.2, -0.15) is 18.4 Å². The highest BCUT2D eigenvalue weighted by atomic mass is 32.2. The molecular formula is C17H20F3N3O3S. The molecule has 0 radical (unpaired) electrons. The number of hydrogen-bond acceptors (Lipinski definition) is 5. The second kappa shape index (κ2) is 7.86. The van der Waals surface area contributed by atoms with E-state index in [4.69, 9.17) is 5.26 Å². The van der Waals surface area contributed by atoms with Crippen LogP contribution in [-0.2, 0) is 20.4 Å². The Bertz CT molecular complexity index is 815. The van der Waals surface area contributed by atoms with Crippen molar-refractivity contribution in [3.63, 3.8) is 0 Å². The quantitative estimate of drug-likeness (QED) is 0.713. The van der Waals surface area contributed by atoms with Gasteiger partial charge in [0, 0.05) is 0 Å². The van der Waals surface area contributed by atoms with Gasteiger partial charge in [0.05, 0.1) is 24.1 Å². The number of carbonyl (C=O) groups is 1. The molecule has 0 aromatic heterocycles. The van der Waals surface area contributed by atoms with E-state index in [2.05, 4.69) is 5.32 Å². The molecule has 1 aromatic carbocycles. The summed E-state index contributed by atoms with van der Waals surface area (Å²) in [6.07, 6.45) is -3.81. The molecule has 1 saturated carbocycles. The standard InChI is InChI=1S/C17H20F3N3O3S/c1-23(12-17(18,19)20)14(15(24)22-16(11-21)7-8-16)10-27(25,26)9-13-5-3-2-4-6-13/h2-6,14H,7-10,12H2,1H3,(H,22,24)/t14-/m0/s1. The predicted molar refractivity (Wildman–Crippen MR) is 92.1 cm³/mol. The Morgan fingerprint density at radius 3 is 2.41 bits per heavy atom. The summed E-state index contributed by atoms with van der Waals surface area (Å²) < 4.78 is 63.2. The van der Waals surface area contributed by atoms with Crippen LogP contribution in [0.1, 0.15) is 18.4 Å². The zero-order valence-corrected chi connectivity index (χ0v) is 15.5. The van der Waals surface area contributed by atoms with Crippen LogP contribution in [0, 0.1) is 11.3 Å². The van der Waals surface area contributed by atoms with Gasteiger partial charge in [-0.1, -0.05) is 30.3 Å². The van der Waals surface area contributed by atoms with Crippen LogP contribution in [0.15, 0.2) is 30.3 Å². The third-order valence-electron chi connectivity index (χ3n) is 4.23. The molecule has 1 amide bonds. The number of nitrogens with one attached hydrogen (secondary N) is 1. The highest BCUT2D eigenvalue weighted by Gasteiger charge is 2.47. The molecule has 0 aliphatic heterocycles. The third kappa shape index (κ3) is 6.52. The maximum atomic E-state index is 12.8. The minimum absolute atomic E-state index is 0.388. The minimum atomic E-state index is -4.59. The largest absolute Gasteiger partial charge is 0.401 e. The van der Waals surface area contributed by atoms with Crippen molar-refractivity contribution in [2.75, 3.05) is 19.3 Å². The molecule has 2 rings (SSSR count). The fourth-order valence-corrected chi connectivity index (χ4v) is 4.34. The van der Waals surface area contributed by atoms with Gasteiger partial charge < -0.3 is 5.32 Å². The van der Waals surface area contributed by atoms with Gasteiger partial charge in [-0.15, -0.1) is 0 Å². The van der Waals surface area contributed by atoms with Crippen molar-refractivity contribution in [2.45, 2.75) is 36.4 Å². The van der Waals surface area contributed by atoms with E-state index in [0.29, 0.717) is 23.3 Å². The zero-order chi connectivity index (χ0) is 20.3. The summed E-state index contributed by atoms with van der Waals surface area (Å²) >= 11 is 0. The first-order chi connectivity index (χ1) is 12.5. The first kappa shape index (κ1) is 21.2. The van der Waals surface area contributed by atoms with Crippen LogP contribution in [0.25, 0.3) is 0 Å². The van der Waals surface area contributed by atoms with E-state index in [1.54, 1.807) is 30.3 Å². The molecule has 6 nitrogen and oxygen atoms in total. The van der Waals surface area contributed by atoms with Crippen LogP contribution < -0.4 is 5.32 Å². The average Bonchev–Trinajstić information content (AvgIpc) is 3.31. The van der Waals surface area contributed by atoms with Crippen molar-refractivity contribution < 1.29 is 26.4 Å². The number of rotatable bonds is 8. The summed E-state index contributed by atoms with van der Waals surface area (Å²) in [7, 11) is -2.83. The minimum Gasteiger partial charge on any atom is -0.336 e. The van der Waals surface area contributed by atoms with E-state index in [1.165, 1.54) is 0 Å². The summed E-state index contributed by atoms with van der Waals surface area (Å²) in [5.74, 6) is -2.06. The first-order valence-corrected chi connectivity index (χ1v) is 10.0. The number of likely N-dealkylation sites (N-methyl/N-ethyl adjacent to an activating group) is 1. The summed E-state index contributed by atoms with van der Waals surface area (Å²) in [6, 6.07) is 8.53. The molecule has 1 aliphatic rings. The number of carbonyl (C=O) groups excluding carboxylic acids is 1. The molecule has 148 valence electrons. The van der Waals surface area contributed by atoms with Crippen LogP contribution in [-0.4, -0.2) is 56.3 Å². The number of halogens is 3. The number of nitriles is 1. The maximum Gasteiger partial charge on any atom is 0.401 e. The SMILES string of the molecule is CN(CC(F)(F)F)[C@@H](CS(=O)(=O)Cc1ccccc1)C(=O)NC1(C#N)CC1. The molecule has 1 aliphatic carbocycles. The highest BCUT2D eigenvalue weighted by molar-refractivity contribution is 7.90. The van der Waals surface area contributed by atoms with Crippen LogP contribution in [0.4, 0.5) is 13.2 Å². The molecule has 1 fully saturated rings. The maximum absolute atomic E-state index is 12.8. The number of sulfone groups is 1. The summed E-state index contributed by atoms with van der Waals surface area (Å²) in [5.41, 5.74) is -0.622. The Morgan fingerprint density at radius 1 is 1.33 bits per heavy atom. The Hall–Kier alpha value is -2.12. The molecule has 1 aromatic rings. The van der Waals surface area contributed by atoms with E-state index < -0.39 is 45.8 Å². The van der Waals surface area contributed by atoms with Crippen molar-refractivity contribution in [3.05, 3.63) is 35.9 Å². The summed E-state index contributed by atoms with van der Waals surface area (Å²) in [4.78, 5) is 13.1. The molecule has 0 bridgehead atoms. The molecule has 0 saturated heterocycles. The number of amides is 1. The lowest BCUT2D eigenvalue weighted by molar-refractivity contribution is -0.151. The predicted octanol–water partition coefficient (Wildman–Crippen LogP) is 1.64. The van der Waals surface area contributed by atoms with Crippen LogP contribution in [0.3, 0.4) is 0 Å². The van der Waals surface area contributed by atoms with Crippen LogP contribution in [0.5, 0.6) is 0 Å². The second-order valence-electron chi connectivity index (χ2n) is 6.77. The van der Waals surface area contributed by atoms with E-state index in [9.17, 15) is 26.4 Å². The van der Waals surface area contributed by atoms with Gasteiger partial charge in [0.15, 0.2) is 9.84 Å². The van der Waals surface area contributed by atoms with Crippen molar-refractivity contribution >= 4 is 15.7 Å². The number of nitrogens with zero attached hydrogens (tertiary/aromatic N) is 2. The molecule has 10 heteroatoms. The van der Waals surface area contributed by atoms with Gasteiger partial charge in [0.2, 0.25) is 5.91 Å². The third-order valence-corrected chi connectivity index (χ3v) is 5.83. The molecule has 0 spiro atoms. The average molecular weight is 403 g/mol. The van der Waals surface area contributed by atoms with E-state index in [-0.39, 0.29) is 5.75 Å². The molecular weight excluding hydrogens is 383 g/mol. The molecule has 0 heterocycles. The molecule has 1 N–H and O–H groups in total. The smallest absolute Gasteiger partial charge is 0.336 e. The van der Waals surface area contributed by atoms with Crippen LogP contribution >= 0.6 is 0 Å². The second-order valence-corrected chi connectivity index (χ2v) is 8.88. The summed E-state index contributed by atoms with van der Waals surface area (Å²) in [5, 5.41) is 11.5. The van der Waals surface area contributed by atoms with Gasteiger partial charge in [0.25, 0.3) is 0 Å².